The minimum absolute atomic E-state index is 0.00862. The molecule has 2 amide bonds. The molecule has 0 bridgehead atoms. The largest absolute Gasteiger partial charge is 0.347 e. The van der Waals surface area contributed by atoms with Gasteiger partial charge in [-0.1, -0.05) is 30.3 Å². The number of carbonyl (C=O) groups is 2. The van der Waals surface area contributed by atoms with Crippen LogP contribution in [-0.2, 0) is 9.59 Å². The van der Waals surface area contributed by atoms with Crippen LogP contribution in [-0.4, -0.2) is 29.8 Å². The summed E-state index contributed by atoms with van der Waals surface area (Å²) < 4.78 is 0. The van der Waals surface area contributed by atoms with Gasteiger partial charge in [-0.05, 0) is 23.8 Å². The summed E-state index contributed by atoms with van der Waals surface area (Å²) in [7, 11) is 1.74. The zero-order chi connectivity index (χ0) is 14.0. The van der Waals surface area contributed by atoms with Gasteiger partial charge in [-0.25, -0.2) is 0 Å². The standard InChI is InChI=1S/C14H15ClN2O2/c1-3-12(18)16-11-8-13(19)17(2)14(11)9-4-6-10(15)7-5-9/h3-7,11,14H,1,8H2,2H3,(H,16,18)/t11-,14+/m0/s1. The highest BCUT2D eigenvalue weighted by molar-refractivity contribution is 6.30. The van der Waals surface area contributed by atoms with Crippen LogP contribution in [0.15, 0.2) is 36.9 Å². The van der Waals surface area contributed by atoms with Crippen LogP contribution in [0.1, 0.15) is 18.0 Å². The van der Waals surface area contributed by atoms with Crippen molar-refractivity contribution in [3.05, 3.63) is 47.5 Å². The quantitative estimate of drug-likeness (QED) is 0.859. The second kappa shape index (κ2) is 5.45. The maximum Gasteiger partial charge on any atom is 0.243 e. The molecular formula is C14H15ClN2O2. The maximum absolute atomic E-state index is 11.8. The zero-order valence-electron chi connectivity index (χ0n) is 10.6. The lowest BCUT2D eigenvalue weighted by Crippen LogP contribution is -2.38. The summed E-state index contributed by atoms with van der Waals surface area (Å²) in [5.41, 5.74) is 0.951. The Balaban J connectivity index is 2.27. The molecule has 1 aliphatic rings. The van der Waals surface area contributed by atoms with Crippen molar-refractivity contribution in [2.24, 2.45) is 0 Å². The Bertz CT molecular complexity index is 513. The lowest BCUT2D eigenvalue weighted by molar-refractivity contribution is -0.127. The first-order valence-electron chi connectivity index (χ1n) is 5.97. The third-order valence-corrected chi connectivity index (χ3v) is 3.56. The van der Waals surface area contributed by atoms with Gasteiger partial charge in [0.2, 0.25) is 11.8 Å². The lowest BCUT2D eigenvalue weighted by Gasteiger charge is -2.25. The molecule has 100 valence electrons. The van der Waals surface area contributed by atoms with Gasteiger partial charge in [0.15, 0.2) is 0 Å². The zero-order valence-corrected chi connectivity index (χ0v) is 11.4. The molecule has 19 heavy (non-hydrogen) atoms. The molecule has 4 nitrogen and oxygen atoms in total. The molecule has 1 N–H and O–H groups in total. The van der Waals surface area contributed by atoms with Crippen LogP contribution in [0, 0.1) is 0 Å². The van der Waals surface area contributed by atoms with Gasteiger partial charge in [-0.3, -0.25) is 9.59 Å². The van der Waals surface area contributed by atoms with E-state index in [-0.39, 0.29) is 23.9 Å². The molecule has 1 fully saturated rings. The van der Waals surface area contributed by atoms with E-state index in [9.17, 15) is 9.59 Å². The van der Waals surface area contributed by atoms with Crippen molar-refractivity contribution in [3.63, 3.8) is 0 Å². The fourth-order valence-electron chi connectivity index (χ4n) is 2.36. The summed E-state index contributed by atoms with van der Waals surface area (Å²) >= 11 is 5.86. The highest BCUT2D eigenvalue weighted by Gasteiger charge is 2.38. The topological polar surface area (TPSA) is 49.4 Å². The first-order valence-corrected chi connectivity index (χ1v) is 6.34. The van der Waals surface area contributed by atoms with Gasteiger partial charge in [-0.15, -0.1) is 0 Å². The normalized spacial score (nSPS) is 22.4. The van der Waals surface area contributed by atoms with Gasteiger partial charge in [0, 0.05) is 18.5 Å². The first-order chi connectivity index (χ1) is 9.02. The highest BCUT2D eigenvalue weighted by atomic mass is 35.5. The second-order valence-electron chi connectivity index (χ2n) is 4.52. The lowest BCUT2D eigenvalue weighted by atomic mass is 10.0. The number of halogens is 1. The van der Waals surface area contributed by atoms with Gasteiger partial charge in [-0.2, -0.15) is 0 Å². The van der Waals surface area contributed by atoms with Crippen molar-refractivity contribution < 1.29 is 9.59 Å². The number of nitrogens with one attached hydrogen (secondary N) is 1. The third kappa shape index (κ3) is 2.79. The Morgan fingerprint density at radius 2 is 2.11 bits per heavy atom. The molecule has 1 heterocycles. The molecule has 0 spiro atoms. The summed E-state index contributed by atoms with van der Waals surface area (Å²) in [6, 6.07) is 6.88. The summed E-state index contributed by atoms with van der Waals surface area (Å²) in [5, 5.41) is 3.44. The van der Waals surface area contributed by atoms with Gasteiger partial charge in [0.1, 0.15) is 0 Å². The van der Waals surface area contributed by atoms with E-state index in [1.165, 1.54) is 6.08 Å². The van der Waals surface area contributed by atoms with E-state index in [0.29, 0.717) is 11.4 Å². The number of rotatable bonds is 3. The summed E-state index contributed by atoms with van der Waals surface area (Å²) in [6.45, 7) is 3.42. The third-order valence-electron chi connectivity index (χ3n) is 3.31. The van der Waals surface area contributed by atoms with Gasteiger partial charge >= 0.3 is 0 Å². The first kappa shape index (κ1) is 13.6. The Kier molecular flexibility index (Phi) is 3.90. The van der Waals surface area contributed by atoms with Crippen LogP contribution in [0.3, 0.4) is 0 Å². The summed E-state index contributed by atoms with van der Waals surface area (Å²) in [4.78, 5) is 24.9. The number of benzene rings is 1. The van der Waals surface area contributed by atoms with E-state index in [1.54, 1.807) is 24.1 Å². The molecule has 0 radical (unpaired) electrons. The molecule has 1 aromatic rings. The van der Waals surface area contributed by atoms with Crippen LogP contribution in [0.5, 0.6) is 0 Å². The minimum atomic E-state index is -0.271. The Labute approximate surface area is 117 Å². The van der Waals surface area contributed by atoms with Crippen molar-refractivity contribution in [3.8, 4) is 0 Å². The molecule has 2 atom stereocenters. The predicted molar refractivity (Wildman–Crippen MR) is 73.7 cm³/mol. The Morgan fingerprint density at radius 3 is 2.68 bits per heavy atom. The smallest absolute Gasteiger partial charge is 0.243 e. The molecular weight excluding hydrogens is 264 g/mol. The van der Waals surface area contributed by atoms with E-state index in [1.807, 2.05) is 12.1 Å². The average molecular weight is 279 g/mol. The van der Waals surface area contributed by atoms with Crippen molar-refractivity contribution in [1.82, 2.24) is 10.2 Å². The van der Waals surface area contributed by atoms with Crippen molar-refractivity contribution >= 4 is 23.4 Å². The number of likely N-dealkylation sites (tertiary alicyclic amines) is 1. The highest BCUT2D eigenvalue weighted by Crippen LogP contribution is 2.32. The Hall–Kier alpha value is -1.81. The number of carbonyl (C=O) groups excluding carboxylic acids is 2. The van der Waals surface area contributed by atoms with Crippen molar-refractivity contribution in [1.29, 1.82) is 0 Å². The Morgan fingerprint density at radius 1 is 1.47 bits per heavy atom. The van der Waals surface area contributed by atoms with E-state index in [2.05, 4.69) is 11.9 Å². The average Bonchev–Trinajstić information content (AvgIpc) is 2.66. The molecule has 0 unspecified atom stereocenters. The van der Waals surface area contributed by atoms with E-state index >= 15 is 0 Å². The summed E-state index contributed by atoms with van der Waals surface area (Å²) in [5.74, 6) is -0.263. The summed E-state index contributed by atoms with van der Waals surface area (Å²) in [6.07, 6.45) is 1.51. The van der Waals surface area contributed by atoms with E-state index < -0.39 is 0 Å². The number of hydrogen-bond donors (Lipinski definition) is 1. The van der Waals surface area contributed by atoms with Crippen LogP contribution in [0.4, 0.5) is 0 Å². The van der Waals surface area contributed by atoms with Crippen LogP contribution < -0.4 is 5.32 Å². The number of hydrogen-bond acceptors (Lipinski definition) is 2. The molecule has 1 saturated heterocycles. The fourth-order valence-corrected chi connectivity index (χ4v) is 2.48. The van der Waals surface area contributed by atoms with Crippen LogP contribution in [0.2, 0.25) is 5.02 Å². The van der Waals surface area contributed by atoms with Crippen LogP contribution in [0.25, 0.3) is 0 Å². The number of likely N-dealkylation sites (N-methyl/N-ethyl adjacent to an activating group) is 1. The minimum Gasteiger partial charge on any atom is -0.347 e. The SMILES string of the molecule is C=CC(=O)N[C@H]1CC(=O)N(C)[C@@H]1c1ccc(Cl)cc1. The molecule has 1 aliphatic heterocycles. The number of amides is 2. The molecule has 0 aromatic heterocycles. The molecule has 1 aromatic carbocycles. The maximum atomic E-state index is 11.8. The van der Waals surface area contributed by atoms with E-state index in [4.69, 9.17) is 11.6 Å². The molecule has 5 heteroatoms. The monoisotopic (exact) mass is 278 g/mol. The fraction of sp³-hybridized carbons (Fsp3) is 0.286. The number of nitrogens with zero attached hydrogens (tertiary/aromatic N) is 1. The molecule has 0 aliphatic carbocycles. The van der Waals surface area contributed by atoms with Crippen LogP contribution >= 0.6 is 11.6 Å². The van der Waals surface area contributed by atoms with Crippen molar-refractivity contribution in [2.75, 3.05) is 7.05 Å². The predicted octanol–water partition coefficient (Wildman–Crippen LogP) is 1.91. The van der Waals surface area contributed by atoms with Crippen molar-refractivity contribution in [2.45, 2.75) is 18.5 Å². The second-order valence-corrected chi connectivity index (χ2v) is 4.96. The van der Waals surface area contributed by atoms with Gasteiger partial charge < -0.3 is 10.2 Å². The molecule has 0 saturated carbocycles. The molecule has 2 rings (SSSR count). The van der Waals surface area contributed by atoms with Gasteiger partial charge in [0.05, 0.1) is 12.1 Å². The van der Waals surface area contributed by atoms with Gasteiger partial charge in [0.25, 0.3) is 0 Å². The van der Waals surface area contributed by atoms with E-state index in [0.717, 1.165) is 5.56 Å².